The zero-order valence-corrected chi connectivity index (χ0v) is 13.2. The molecule has 1 aromatic heterocycles. The monoisotopic (exact) mass is 333 g/mol. The van der Waals surface area contributed by atoms with Crippen molar-refractivity contribution < 1.29 is 0 Å². The number of benzene rings is 1. The predicted molar refractivity (Wildman–Crippen MR) is 87.6 cm³/mol. The molecule has 0 spiro atoms. The lowest BCUT2D eigenvalue weighted by molar-refractivity contribution is 0.417. The maximum Gasteiger partial charge on any atom is 0.159 e. The quantitative estimate of drug-likeness (QED) is 0.786. The van der Waals surface area contributed by atoms with Crippen molar-refractivity contribution in [3.8, 4) is 0 Å². The first-order valence-corrected chi connectivity index (χ1v) is 8.55. The third kappa shape index (κ3) is 2.80. The van der Waals surface area contributed by atoms with Crippen LogP contribution in [-0.2, 0) is 0 Å². The molecule has 0 bridgehead atoms. The van der Waals surface area contributed by atoms with Crippen LogP contribution in [0.1, 0.15) is 32.1 Å². The minimum absolute atomic E-state index is 0.612. The summed E-state index contributed by atoms with van der Waals surface area (Å²) in [4.78, 5) is 2.46. The average molecular weight is 334 g/mol. The van der Waals surface area contributed by atoms with Gasteiger partial charge >= 0.3 is 0 Å². The number of fused-ring (bicyclic) bond motifs is 1. The van der Waals surface area contributed by atoms with Gasteiger partial charge < -0.3 is 4.90 Å². The van der Waals surface area contributed by atoms with E-state index in [1.54, 1.807) is 0 Å². The molecule has 1 aliphatic carbocycles. The van der Waals surface area contributed by atoms with Gasteiger partial charge in [-0.05, 0) is 12.8 Å². The summed E-state index contributed by atoms with van der Waals surface area (Å²) in [5, 5.41) is 12.0. The van der Waals surface area contributed by atoms with Crippen LogP contribution in [0, 0.1) is 0 Å². The number of rotatable bonds is 4. The van der Waals surface area contributed by atoms with Gasteiger partial charge in [0.25, 0.3) is 0 Å². The molecule has 0 radical (unpaired) electrons. The van der Waals surface area contributed by atoms with E-state index < -0.39 is 0 Å². The number of nitrogens with zero attached hydrogens (tertiary/aromatic N) is 3. The predicted octanol–water partition coefficient (Wildman–Crippen LogP) is 4.16. The molecule has 3 rings (SSSR count). The molecule has 106 valence electrons. The molecule has 0 saturated heterocycles. The van der Waals surface area contributed by atoms with Gasteiger partial charge in [-0.15, -0.1) is 5.10 Å². The molecule has 4 heteroatoms. The van der Waals surface area contributed by atoms with Crippen molar-refractivity contribution in [1.29, 1.82) is 0 Å². The average Bonchev–Trinajstić information content (AvgIpc) is 2.53. The summed E-state index contributed by atoms with van der Waals surface area (Å²) >= 11 is 3.59. The van der Waals surface area contributed by atoms with E-state index in [0.717, 1.165) is 17.7 Å². The lowest BCUT2D eigenvalue weighted by atomic mass is 9.94. The maximum atomic E-state index is 4.46. The fourth-order valence-corrected chi connectivity index (χ4v) is 3.55. The minimum Gasteiger partial charge on any atom is -0.351 e. The largest absolute Gasteiger partial charge is 0.351 e. The van der Waals surface area contributed by atoms with Crippen LogP contribution in [-0.4, -0.2) is 28.1 Å². The van der Waals surface area contributed by atoms with E-state index in [4.69, 9.17) is 0 Å². The zero-order chi connectivity index (χ0) is 13.8. The van der Waals surface area contributed by atoms with Crippen molar-refractivity contribution in [2.24, 2.45) is 0 Å². The van der Waals surface area contributed by atoms with E-state index in [-0.39, 0.29) is 0 Å². The van der Waals surface area contributed by atoms with Crippen LogP contribution in [0.2, 0.25) is 0 Å². The van der Waals surface area contributed by atoms with E-state index in [1.807, 2.05) is 6.20 Å². The van der Waals surface area contributed by atoms with Crippen molar-refractivity contribution in [2.45, 2.75) is 38.1 Å². The van der Waals surface area contributed by atoms with Crippen LogP contribution in [0.3, 0.4) is 0 Å². The van der Waals surface area contributed by atoms with Gasteiger partial charge in [0.2, 0.25) is 0 Å². The Balaban J connectivity index is 2.00. The van der Waals surface area contributed by atoms with Crippen LogP contribution >= 0.6 is 15.9 Å². The smallest absolute Gasteiger partial charge is 0.159 e. The first-order chi connectivity index (χ1) is 9.90. The van der Waals surface area contributed by atoms with Gasteiger partial charge in [0.05, 0.1) is 6.20 Å². The lowest BCUT2D eigenvalue weighted by Gasteiger charge is -2.35. The minimum atomic E-state index is 0.612. The van der Waals surface area contributed by atoms with Gasteiger partial charge in [-0.2, -0.15) is 5.10 Å². The Bertz CT molecular complexity index is 561. The molecule has 1 aliphatic rings. The van der Waals surface area contributed by atoms with E-state index in [0.29, 0.717) is 6.04 Å². The summed E-state index contributed by atoms with van der Waals surface area (Å²) in [6.07, 6.45) is 8.45. The maximum absolute atomic E-state index is 4.46. The summed E-state index contributed by atoms with van der Waals surface area (Å²) in [6.45, 7) is 0.993. The molecule has 0 N–H and O–H groups in total. The Morgan fingerprint density at radius 3 is 2.75 bits per heavy atom. The molecule has 20 heavy (non-hydrogen) atoms. The number of alkyl halides is 1. The second-order valence-corrected chi connectivity index (χ2v) is 6.22. The topological polar surface area (TPSA) is 29.0 Å². The highest BCUT2D eigenvalue weighted by Gasteiger charge is 2.23. The Hall–Kier alpha value is -1.16. The summed E-state index contributed by atoms with van der Waals surface area (Å²) in [5.74, 6) is 1.05. The summed E-state index contributed by atoms with van der Waals surface area (Å²) < 4.78 is 0. The van der Waals surface area contributed by atoms with Gasteiger partial charge in [-0.3, -0.25) is 0 Å². The molecular weight excluding hydrogens is 314 g/mol. The van der Waals surface area contributed by atoms with Crippen LogP contribution in [0.5, 0.6) is 0 Å². The van der Waals surface area contributed by atoms with E-state index in [1.165, 1.54) is 42.9 Å². The molecule has 0 amide bonds. The van der Waals surface area contributed by atoms with Gasteiger partial charge in [-0.1, -0.05) is 59.5 Å². The fourth-order valence-electron chi connectivity index (χ4n) is 3.17. The number of halogens is 1. The van der Waals surface area contributed by atoms with Gasteiger partial charge in [0.15, 0.2) is 5.82 Å². The summed E-state index contributed by atoms with van der Waals surface area (Å²) in [5.41, 5.74) is 0. The molecule has 3 nitrogen and oxygen atoms in total. The third-order valence-electron chi connectivity index (χ3n) is 4.16. The van der Waals surface area contributed by atoms with E-state index >= 15 is 0 Å². The van der Waals surface area contributed by atoms with Gasteiger partial charge in [-0.25, -0.2) is 0 Å². The molecule has 2 aromatic rings. The highest BCUT2D eigenvalue weighted by molar-refractivity contribution is 9.09. The zero-order valence-electron chi connectivity index (χ0n) is 11.6. The molecule has 0 unspecified atom stereocenters. The first kappa shape index (κ1) is 13.8. The first-order valence-electron chi connectivity index (χ1n) is 7.43. The second-order valence-electron chi connectivity index (χ2n) is 5.43. The van der Waals surface area contributed by atoms with Crippen molar-refractivity contribution in [2.75, 3.05) is 16.8 Å². The fraction of sp³-hybridized carbons (Fsp3) is 0.500. The summed E-state index contributed by atoms with van der Waals surface area (Å²) in [7, 11) is 0. The van der Waals surface area contributed by atoms with Crippen molar-refractivity contribution in [3.05, 3.63) is 30.5 Å². The van der Waals surface area contributed by atoms with Crippen molar-refractivity contribution >= 4 is 32.5 Å². The van der Waals surface area contributed by atoms with Gasteiger partial charge in [0.1, 0.15) is 0 Å². The summed E-state index contributed by atoms with van der Waals surface area (Å²) in [6, 6.07) is 9.02. The number of hydrogen-bond donors (Lipinski definition) is 0. The molecule has 1 heterocycles. The number of anilines is 1. The molecule has 1 saturated carbocycles. The number of aromatic nitrogens is 2. The molecule has 0 aliphatic heterocycles. The van der Waals surface area contributed by atoms with Crippen LogP contribution < -0.4 is 4.90 Å². The van der Waals surface area contributed by atoms with Crippen LogP contribution in [0.4, 0.5) is 5.82 Å². The SMILES string of the molecule is BrCCN(c1nncc2ccccc12)C1CCCCC1. The van der Waals surface area contributed by atoms with Crippen molar-refractivity contribution in [1.82, 2.24) is 10.2 Å². The van der Waals surface area contributed by atoms with Gasteiger partial charge in [0, 0.05) is 28.7 Å². The van der Waals surface area contributed by atoms with Crippen LogP contribution in [0.15, 0.2) is 30.5 Å². The Kier molecular flexibility index (Phi) is 4.51. The Morgan fingerprint density at radius 1 is 1.15 bits per heavy atom. The Morgan fingerprint density at radius 2 is 1.95 bits per heavy atom. The molecule has 0 atom stereocenters. The number of hydrogen-bond acceptors (Lipinski definition) is 3. The van der Waals surface area contributed by atoms with Crippen molar-refractivity contribution in [3.63, 3.8) is 0 Å². The van der Waals surface area contributed by atoms with E-state index in [9.17, 15) is 0 Å². The highest BCUT2D eigenvalue weighted by atomic mass is 79.9. The standard InChI is InChI=1S/C16H20BrN3/c17-10-11-20(14-7-2-1-3-8-14)16-15-9-5-4-6-13(15)12-18-19-16/h4-6,9,12,14H,1-3,7-8,10-11H2. The lowest BCUT2D eigenvalue weighted by Crippen LogP contribution is -2.39. The molecule has 1 fully saturated rings. The molecular formula is C16H20BrN3. The van der Waals surface area contributed by atoms with E-state index in [2.05, 4.69) is 55.3 Å². The van der Waals surface area contributed by atoms with Crippen LogP contribution in [0.25, 0.3) is 10.8 Å². The molecule has 1 aromatic carbocycles. The third-order valence-corrected chi connectivity index (χ3v) is 4.52. The Labute approximate surface area is 128 Å². The highest BCUT2D eigenvalue weighted by Crippen LogP contribution is 2.30. The normalized spacial score (nSPS) is 16.4. The second kappa shape index (κ2) is 6.53.